The van der Waals surface area contributed by atoms with E-state index in [1.54, 1.807) is 11.3 Å². The van der Waals surface area contributed by atoms with Gasteiger partial charge in [0.25, 0.3) is 0 Å². The highest BCUT2D eigenvalue weighted by Crippen LogP contribution is 2.19. The zero-order valence-corrected chi connectivity index (χ0v) is 17.8. The monoisotopic (exact) mass is 479 g/mol. The average molecular weight is 479 g/mol. The lowest BCUT2D eigenvalue weighted by molar-refractivity contribution is 0.372. The first-order valence-corrected chi connectivity index (χ1v) is 9.37. The smallest absolute Gasteiger partial charge is 0.205 e. The molecule has 7 nitrogen and oxygen atoms in total. The van der Waals surface area contributed by atoms with Crippen molar-refractivity contribution in [2.24, 2.45) is 4.99 Å². The summed E-state index contributed by atoms with van der Waals surface area (Å²) >= 11 is 3.15. The number of aromatic nitrogens is 3. The van der Waals surface area contributed by atoms with Gasteiger partial charge in [-0.2, -0.15) is 4.37 Å². The Morgan fingerprint density at radius 2 is 2.12 bits per heavy atom. The fourth-order valence-corrected chi connectivity index (χ4v) is 3.81. The van der Waals surface area contributed by atoms with E-state index in [1.807, 2.05) is 18.6 Å². The van der Waals surface area contributed by atoms with Gasteiger partial charge in [0.1, 0.15) is 10.8 Å². The minimum Gasteiger partial charge on any atom is -0.350 e. The molecule has 2 aromatic rings. The summed E-state index contributed by atoms with van der Waals surface area (Å²) in [4.78, 5) is 17.8. The SMILES string of the molecule is CCc1nsc(N2CCN(C(=NC)NCc3nccs3)CC2)n1.I. The Bertz CT molecular complexity index is 635. The molecule has 1 fully saturated rings. The number of halogens is 1. The Morgan fingerprint density at radius 3 is 2.71 bits per heavy atom. The molecule has 1 aliphatic rings. The third-order valence-corrected chi connectivity index (χ3v) is 5.31. The van der Waals surface area contributed by atoms with Crippen molar-refractivity contribution in [1.82, 2.24) is 24.6 Å². The van der Waals surface area contributed by atoms with Crippen molar-refractivity contribution in [2.45, 2.75) is 19.9 Å². The number of rotatable bonds is 4. The molecule has 0 bridgehead atoms. The van der Waals surface area contributed by atoms with Crippen molar-refractivity contribution in [1.29, 1.82) is 0 Å². The maximum atomic E-state index is 4.57. The maximum Gasteiger partial charge on any atom is 0.205 e. The number of aryl methyl sites for hydroxylation is 1. The van der Waals surface area contributed by atoms with Crippen molar-refractivity contribution >= 4 is 57.9 Å². The normalized spacial score (nSPS) is 15.3. The highest BCUT2D eigenvalue weighted by molar-refractivity contribution is 14.0. The van der Waals surface area contributed by atoms with Crippen LogP contribution in [0.1, 0.15) is 17.8 Å². The Labute approximate surface area is 167 Å². The Hall–Kier alpha value is -1.01. The van der Waals surface area contributed by atoms with Crippen LogP contribution in [-0.2, 0) is 13.0 Å². The van der Waals surface area contributed by atoms with Crippen LogP contribution in [-0.4, -0.2) is 58.4 Å². The van der Waals surface area contributed by atoms with Crippen molar-refractivity contribution in [3.05, 3.63) is 22.4 Å². The van der Waals surface area contributed by atoms with Crippen molar-refractivity contribution in [3.63, 3.8) is 0 Å². The molecule has 1 aliphatic heterocycles. The second kappa shape index (κ2) is 9.47. The average Bonchev–Trinajstić information content (AvgIpc) is 3.27. The summed E-state index contributed by atoms with van der Waals surface area (Å²) in [5.74, 6) is 1.87. The molecule has 10 heteroatoms. The molecular weight excluding hydrogens is 457 g/mol. The van der Waals surface area contributed by atoms with E-state index in [0.29, 0.717) is 0 Å². The number of nitrogens with zero attached hydrogens (tertiary/aromatic N) is 6. The lowest BCUT2D eigenvalue weighted by Crippen LogP contribution is -2.52. The number of guanidine groups is 1. The van der Waals surface area contributed by atoms with Gasteiger partial charge in [-0.15, -0.1) is 35.3 Å². The summed E-state index contributed by atoms with van der Waals surface area (Å²) in [5, 5.41) is 7.49. The van der Waals surface area contributed by atoms with E-state index in [0.717, 1.165) is 61.1 Å². The van der Waals surface area contributed by atoms with Crippen LogP contribution in [0.3, 0.4) is 0 Å². The summed E-state index contributed by atoms with van der Waals surface area (Å²) in [6, 6.07) is 0. The van der Waals surface area contributed by atoms with Crippen molar-refractivity contribution in [2.75, 3.05) is 38.1 Å². The number of anilines is 1. The summed E-state index contributed by atoms with van der Waals surface area (Å²) in [6.45, 7) is 6.55. The van der Waals surface area contributed by atoms with Gasteiger partial charge in [-0.3, -0.25) is 4.99 Å². The van der Waals surface area contributed by atoms with Crippen LogP contribution in [0.4, 0.5) is 5.13 Å². The number of aliphatic imine (C=N–C) groups is 1. The highest BCUT2D eigenvalue weighted by atomic mass is 127. The lowest BCUT2D eigenvalue weighted by atomic mass is 10.3. The largest absolute Gasteiger partial charge is 0.350 e. The van der Waals surface area contributed by atoms with Crippen LogP contribution in [0, 0.1) is 0 Å². The van der Waals surface area contributed by atoms with E-state index < -0.39 is 0 Å². The van der Waals surface area contributed by atoms with E-state index in [-0.39, 0.29) is 24.0 Å². The van der Waals surface area contributed by atoms with E-state index >= 15 is 0 Å². The van der Waals surface area contributed by atoms with Crippen molar-refractivity contribution in [3.8, 4) is 0 Å². The van der Waals surface area contributed by atoms with Crippen LogP contribution in [0.15, 0.2) is 16.6 Å². The predicted molar refractivity (Wildman–Crippen MR) is 111 cm³/mol. The molecule has 3 rings (SSSR count). The van der Waals surface area contributed by atoms with Gasteiger partial charge in [0.2, 0.25) is 5.13 Å². The third kappa shape index (κ3) is 4.76. The minimum atomic E-state index is 0. The van der Waals surface area contributed by atoms with E-state index in [9.17, 15) is 0 Å². The number of nitrogens with one attached hydrogen (secondary N) is 1. The number of hydrogen-bond acceptors (Lipinski definition) is 7. The van der Waals surface area contributed by atoms with Gasteiger partial charge in [0, 0.05) is 62.8 Å². The molecule has 0 saturated carbocycles. The zero-order chi connectivity index (χ0) is 16.1. The fraction of sp³-hybridized carbons (Fsp3) is 0.571. The summed E-state index contributed by atoms with van der Waals surface area (Å²) in [7, 11) is 1.83. The van der Waals surface area contributed by atoms with Gasteiger partial charge in [0.15, 0.2) is 5.96 Å². The molecule has 1 N–H and O–H groups in total. The molecule has 0 amide bonds. The second-order valence-corrected chi connectivity index (χ2v) is 6.86. The number of hydrogen-bond donors (Lipinski definition) is 1. The Morgan fingerprint density at radius 1 is 1.33 bits per heavy atom. The fourth-order valence-electron chi connectivity index (χ4n) is 2.45. The summed E-state index contributed by atoms with van der Waals surface area (Å²) < 4.78 is 4.37. The van der Waals surface area contributed by atoms with Gasteiger partial charge >= 0.3 is 0 Å². The first-order chi connectivity index (χ1) is 11.3. The van der Waals surface area contributed by atoms with Gasteiger partial charge < -0.3 is 15.1 Å². The molecule has 24 heavy (non-hydrogen) atoms. The van der Waals surface area contributed by atoms with Crippen LogP contribution < -0.4 is 10.2 Å². The molecule has 0 aliphatic carbocycles. The van der Waals surface area contributed by atoms with Gasteiger partial charge in [-0.25, -0.2) is 9.97 Å². The second-order valence-electron chi connectivity index (χ2n) is 5.15. The summed E-state index contributed by atoms with van der Waals surface area (Å²) in [6.07, 6.45) is 2.72. The predicted octanol–water partition coefficient (Wildman–Crippen LogP) is 2.07. The standard InChI is InChI=1S/C14H21N7S2.HI/c1-3-11-18-14(23-19-11)21-7-5-20(6-8-21)13(15-2)17-10-12-16-4-9-22-12;/h4,9H,3,5-8,10H2,1-2H3,(H,15,17);1H. The van der Waals surface area contributed by atoms with Crippen LogP contribution >= 0.6 is 46.8 Å². The van der Waals surface area contributed by atoms with Gasteiger partial charge in [-0.05, 0) is 0 Å². The topological polar surface area (TPSA) is 69.5 Å². The molecule has 3 heterocycles. The van der Waals surface area contributed by atoms with Crippen LogP contribution in [0.25, 0.3) is 0 Å². The molecular formula is C14H22IN7S2. The van der Waals surface area contributed by atoms with E-state index in [2.05, 4.69) is 41.4 Å². The number of thiazole rings is 1. The van der Waals surface area contributed by atoms with E-state index in [4.69, 9.17) is 0 Å². The quantitative estimate of drug-likeness (QED) is 0.412. The van der Waals surface area contributed by atoms with Crippen molar-refractivity contribution < 1.29 is 0 Å². The molecule has 0 spiro atoms. The van der Waals surface area contributed by atoms with Gasteiger partial charge in [-0.1, -0.05) is 6.92 Å². The van der Waals surface area contributed by atoms with Crippen LogP contribution in [0.2, 0.25) is 0 Å². The molecule has 0 unspecified atom stereocenters. The number of piperazine rings is 1. The lowest BCUT2D eigenvalue weighted by Gasteiger charge is -2.36. The third-order valence-electron chi connectivity index (χ3n) is 3.72. The van der Waals surface area contributed by atoms with E-state index in [1.165, 1.54) is 11.5 Å². The molecule has 2 aromatic heterocycles. The molecule has 0 atom stereocenters. The first-order valence-electron chi connectivity index (χ1n) is 7.71. The molecule has 0 radical (unpaired) electrons. The molecule has 0 aromatic carbocycles. The Balaban J connectivity index is 0.00000208. The highest BCUT2D eigenvalue weighted by Gasteiger charge is 2.22. The maximum absolute atomic E-state index is 4.57. The minimum absolute atomic E-state index is 0. The van der Waals surface area contributed by atoms with Gasteiger partial charge in [0.05, 0.1) is 6.54 Å². The zero-order valence-electron chi connectivity index (χ0n) is 13.8. The summed E-state index contributed by atoms with van der Waals surface area (Å²) in [5.41, 5.74) is 0. The molecule has 132 valence electrons. The molecule has 1 saturated heterocycles. The van der Waals surface area contributed by atoms with Crippen LogP contribution in [0.5, 0.6) is 0 Å². The first kappa shape index (κ1) is 19.3. The Kier molecular flexibility index (Phi) is 7.62.